The molecule has 2 rings (SSSR count). The van der Waals surface area contributed by atoms with Crippen molar-refractivity contribution >= 4 is 0 Å². The Kier molecular flexibility index (Phi) is 6.31. The normalized spacial score (nSPS) is 30.0. The van der Waals surface area contributed by atoms with E-state index in [9.17, 15) is 0 Å². The summed E-state index contributed by atoms with van der Waals surface area (Å²) in [5.41, 5.74) is 6.59. The number of hydrogen-bond acceptors (Lipinski definition) is 3. The van der Waals surface area contributed by atoms with E-state index in [1.165, 1.54) is 77.5 Å². The van der Waals surface area contributed by atoms with Gasteiger partial charge in [-0.15, -0.1) is 0 Å². The maximum atomic E-state index is 6.31. The van der Waals surface area contributed by atoms with E-state index >= 15 is 0 Å². The Hall–Kier alpha value is -0.120. The smallest absolute Gasteiger partial charge is 0.0347 e. The third-order valence-electron chi connectivity index (χ3n) is 5.65. The van der Waals surface area contributed by atoms with Gasteiger partial charge in [0, 0.05) is 18.1 Å². The fourth-order valence-corrected chi connectivity index (χ4v) is 4.58. The molecule has 20 heavy (non-hydrogen) atoms. The predicted molar refractivity (Wildman–Crippen MR) is 87.0 cm³/mol. The number of rotatable bonds is 6. The summed E-state index contributed by atoms with van der Waals surface area (Å²) in [6.45, 7) is 10.4. The minimum atomic E-state index is 0.284. The summed E-state index contributed by atoms with van der Waals surface area (Å²) in [5.74, 6) is 0. The van der Waals surface area contributed by atoms with Crippen molar-refractivity contribution in [3.8, 4) is 0 Å². The highest BCUT2D eigenvalue weighted by molar-refractivity contribution is 4.97. The molecule has 0 aromatic rings. The van der Waals surface area contributed by atoms with Crippen LogP contribution in [0.1, 0.15) is 65.2 Å². The van der Waals surface area contributed by atoms with Crippen LogP contribution in [-0.2, 0) is 0 Å². The van der Waals surface area contributed by atoms with Crippen LogP contribution in [0.5, 0.6) is 0 Å². The average molecular weight is 281 g/mol. The van der Waals surface area contributed by atoms with Gasteiger partial charge in [-0.05, 0) is 64.7 Å². The second-order valence-corrected chi connectivity index (χ2v) is 6.85. The highest BCUT2D eigenvalue weighted by Gasteiger charge is 2.40. The van der Waals surface area contributed by atoms with Crippen molar-refractivity contribution in [2.75, 3.05) is 32.7 Å². The Morgan fingerprint density at radius 3 is 2.45 bits per heavy atom. The van der Waals surface area contributed by atoms with Crippen LogP contribution in [0.15, 0.2) is 0 Å². The topological polar surface area (TPSA) is 32.5 Å². The lowest BCUT2D eigenvalue weighted by Crippen LogP contribution is -2.57. The second-order valence-electron chi connectivity index (χ2n) is 6.85. The summed E-state index contributed by atoms with van der Waals surface area (Å²) >= 11 is 0. The second kappa shape index (κ2) is 7.77. The largest absolute Gasteiger partial charge is 0.329 e. The molecule has 1 unspecified atom stereocenters. The van der Waals surface area contributed by atoms with Crippen LogP contribution in [0.2, 0.25) is 0 Å². The Morgan fingerprint density at radius 1 is 1.10 bits per heavy atom. The van der Waals surface area contributed by atoms with Gasteiger partial charge in [0.25, 0.3) is 0 Å². The zero-order valence-electron chi connectivity index (χ0n) is 13.7. The zero-order chi connectivity index (χ0) is 14.4. The van der Waals surface area contributed by atoms with Gasteiger partial charge in [0.1, 0.15) is 0 Å². The number of nitrogens with zero attached hydrogens (tertiary/aromatic N) is 2. The quantitative estimate of drug-likeness (QED) is 0.812. The Labute approximate surface area is 125 Å². The van der Waals surface area contributed by atoms with Gasteiger partial charge in [0.05, 0.1) is 0 Å². The molecule has 0 aromatic heterocycles. The fourth-order valence-electron chi connectivity index (χ4n) is 4.58. The van der Waals surface area contributed by atoms with Crippen LogP contribution >= 0.6 is 0 Å². The standard InChI is InChI=1S/C17H35N3/c1-3-12-19-13-7-10-17(15-18,11-14-19)20(4-2)16-8-5-6-9-16/h16H,3-15,18H2,1-2H3. The molecule has 2 fully saturated rings. The van der Waals surface area contributed by atoms with Crippen LogP contribution in [0.4, 0.5) is 0 Å². The van der Waals surface area contributed by atoms with Crippen molar-refractivity contribution < 1.29 is 0 Å². The number of hydrogen-bond donors (Lipinski definition) is 1. The first kappa shape index (κ1) is 16.3. The highest BCUT2D eigenvalue weighted by atomic mass is 15.2. The molecule has 1 heterocycles. The lowest BCUT2D eigenvalue weighted by molar-refractivity contribution is 0.0421. The maximum absolute atomic E-state index is 6.31. The van der Waals surface area contributed by atoms with E-state index in [-0.39, 0.29) is 5.54 Å². The first-order valence-electron chi connectivity index (χ1n) is 8.95. The van der Waals surface area contributed by atoms with Crippen LogP contribution in [0, 0.1) is 0 Å². The third-order valence-corrected chi connectivity index (χ3v) is 5.65. The van der Waals surface area contributed by atoms with Crippen LogP contribution in [0.3, 0.4) is 0 Å². The van der Waals surface area contributed by atoms with Crippen molar-refractivity contribution in [2.45, 2.75) is 76.8 Å². The molecule has 3 nitrogen and oxygen atoms in total. The third kappa shape index (κ3) is 3.55. The summed E-state index contributed by atoms with van der Waals surface area (Å²) in [5, 5.41) is 0. The van der Waals surface area contributed by atoms with E-state index in [2.05, 4.69) is 23.6 Å². The molecule has 0 amide bonds. The Balaban J connectivity index is 2.06. The molecule has 0 bridgehead atoms. The molecule has 2 aliphatic rings. The SMILES string of the molecule is CCCN1CCCC(CN)(N(CC)C2CCCC2)CC1. The van der Waals surface area contributed by atoms with E-state index in [1.807, 2.05) is 0 Å². The van der Waals surface area contributed by atoms with E-state index in [1.54, 1.807) is 0 Å². The molecule has 0 radical (unpaired) electrons. The summed E-state index contributed by atoms with van der Waals surface area (Å²) in [7, 11) is 0. The molecule has 1 atom stereocenters. The van der Waals surface area contributed by atoms with Gasteiger partial charge in [0.15, 0.2) is 0 Å². The number of likely N-dealkylation sites (tertiary alicyclic amines) is 1. The van der Waals surface area contributed by atoms with E-state index in [4.69, 9.17) is 5.73 Å². The van der Waals surface area contributed by atoms with E-state index < -0.39 is 0 Å². The monoisotopic (exact) mass is 281 g/mol. The summed E-state index contributed by atoms with van der Waals surface area (Å²) in [6, 6.07) is 0.807. The Bertz CT molecular complexity index is 275. The summed E-state index contributed by atoms with van der Waals surface area (Å²) < 4.78 is 0. The van der Waals surface area contributed by atoms with Gasteiger partial charge >= 0.3 is 0 Å². The van der Waals surface area contributed by atoms with E-state index in [0.29, 0.717) is 0 Å². The summed E-state index contributed by atoms with van der Waals surface area (Å²) in [4.78, 5) is 5.45. The van der Waals surface area contributed by atoms with Gasteiger partial charge in [-0.2, -0.15) is 0 Å². The van der Waals surface area contributed by atoms with Gasteiger partial charge in [-0.3, -0.25) is 4.90 Å². The van der Waals surface area contributed by atoms with Crippen LogP contribution in [-0.4, -0.2) is 54.1 Å². The minimum Gasteiger partial charge on any atom is -0.329 e. The molecule has 1 saturated heterocycles. The lowest BCUT2D eigenvalue weighted by Gasteiger charge is -2.46. The van der Waals surface area contributed by atoms with Gasteiger partial charge in [0.2, 0.25) is 0 Å². The van der Waals surface area contributed by atoms with E-state index in [0.717, 1.165) is 12.6 Å². The molecule has 0 aromatic carbocycles. The molecule has 1 saturated carbocycles. The van der Waals surface area contributed by atoms with Gasteiger partial charge in [-0.25, -0.2) is 0 Å². The highest BCUT2D eigenvalue weighted by Crippen LogP contribution is 2.35. The van der Waals surface area contributed by atoms with Crippen molar-refractivity contribution in [3.63, 3.8) is 0 Å². The molecule has 1 aliphatic heterocycles. The van der Waals surface area contributed by atoms with Crippen LogP contribution in [0.25, 0.3) is 0 Å². The molecule has 0 spiro atoms. The molecule has 1 aliphatic carbocycles. The van der Waals surface area contributed by atoms with Crippen molar-refractivity contribution in [1.82, 2.24) is 9.80 Å². The van der Waals surface area contributed by atoms with Gasteiger partial charge in [-0.1, -0.05) is 26.7 Å². The lowest BCUT2D eigenvalue weighted by atomic mass is 9.86. The van der Waals surface area contributed by atoms with Crippen molar-refractivity contribution in [1.29, 1.82) is 0 Å². The summed E-state index contributed by atoms with van der Waals surface area (Å²) in [6.07, 6.45) is 10.8. The number of likely N-dealkylation sites (N-methyl/N-ethyl adjacent to an activating group) is 1. The predicted octanol–water partition coefficient (Wildman–Crippen LogP) is 2.84. The minimum absolute atomic E-state index is 0.284. The van der Waals surface area contributed by atoms with Crippen LogP contribution < -0.4 is 5.73 Å². The molecule has 3 heteroatoms. The first-order chi connectivity index (χ1) is 9.75. The first-order valence-corrected chi connectivity index (χ1v) is 8.95. The van der Waals surface area contributed by atoms with Crippen molar-refractivity contribution in [3.05, 3.63) is 0 Å². The average Bonchev–Trinajstić information content (AvgIpc) is 2.90. The molecule has 118 valence electrons. The molecular weight excluding hydrogens is 246 g/mol. The zero-order valence-corrected chi connectivity index (χ0v) is 13.7. The maximum Gasteiger partial charge on any atom is 0.0347 e. The molecule has 2 N–H and O–H groups in total. The van der Waals surface area contributed by atoms with Crippen molar-refractivity contribution in [2.24, 2.45) is 5.73 Å². The molecular formula is C17H35N3. The number of nitrogens with two attached hydrogens (primary N) is 1. The van der Waals surface area contributed by atoms with Gasteiger partial charge < -0.3 is 10.6 Å². The Morgan fingerprint density at radius 2 is 1.85 bits per heavy atom. The fraction of sp³-hybridized carbons (Fsp3) is 1.00.